The summed E-state index contributed by atoms with van der Waals surface area (Å²) in [5.41, 5.74) is 1.19. The maximum atomic E-state index is 11.7. The predicted molar refractivity (Wildman–Crippen MR) is 70.3 cm³/mol. The molecule has 1 fully saturated rings. The zero-order valence-corrected chi connectivity index (χ0v) is 11.0. The van der Waals surface area contributed by atoms with Gasteiger partial charge in [0.15, 0.2) is 0 Å². The SMILES string of the molecule is COC(=O)c1cc(Cl)ccc1NC1CCCOC1. The lowest BCUT2D eigenvalue weighted by Crippen LogP contribution is -2.30. The molecular formula is C13H16ClNO3. The van der Waals surface area contributed by atoms with E-state index in [-0.39, 0.29) is 6.04 Å². The molecule has 1 atom stereocenters. The average molecular weight is 270 g/mol. The molecule has 1 aliphatic rings. The lowest BCUT2D eigenvalue weighted by atomic mass is 10.1. The molecule has 1 unspecified atom stereocenters. The van der Waals surface area contributed by atoms with Crippen LogP contribution < -0.4 is 5.32 Å². The average Bonchev–Trinajstić information content (AvgIpc) is 2.41. The minimum absolute atomic E-state index is 0.225. The molecule has 5 heteroatoms. The smallest absolute Gasteiger partial charge is 0.340 e. The molecular weight excluding hydrogens is 254 g/mol. The molecule has 1 aromatic rings. The summed E-state index contributed by atoms with van der Waals surface area (Å²) in [4.78, 5) is 11.7. The summed E-state index contributed by atoms with van der Waals surface area (Å²) in [6, 6.07) is 5.38. The van der Waals surface area contributed by atoms with Crippen molar-refractivity contribution in [1.82, 2.24) is 0 Å². The van der Waals surface area contributed by atoms with E-state index in [0.717, 1.165) is 25.1 Å². The third-order valence-electron chi connectivity index (χ3n) is 2.91. The number of carbonyl (C=O) groups excluding carboxylic acids is 1. The van der Waals surface area contributed by atoms with Crippen LogP contribution in [0.2, 0.25) is 5.02 Å². The predicted octanol–water partition coefficient (Wildman–Crippen LogP) is 2.72. The van der Waals surface area contributed by atoms with Gasteiger partial charge in [-0.3, -0.25) is 0 Å². The van der Waals surface area contributed by atoms with E-state index in [0.29, 0.717) is 17.2 Å². The zero-order valence-electron chi connectivity index (χ0n) is 10.2. The van der Waals surface area contributed by atoms with Crippen LogP contribution >= 0.6 is 11.6 Å². The van der Waals surface area contributed by atoms with E-state index < -0.39 is 5.97 Å². The molecule has 2 rings (SSSR count). The third kappa shape index (κ3) is 3.15. The van der Waals surface area contributed by atoms with E-state index in [9.17, 15) is 4.79 Å². The van der Waals surface area contributed by atoms with Gasteiger partial charge in [0.25, 0.3) is 0 Å². The molecule has 4 nitrogen and oxygen atoms in total. The van der Waals surface area contributed by atoms with E-state index >= 15 is 0 Å². The highest BCUT2D eigenvalue weighted by atomic mass is 35.5. The van der Waals surface area contributed by atoms with Gasteiger partial charge in [-0.15, -0.1) is 0 Å². The molecule has 1 N–H and O–H groups in total. The van der Waals surface area contributed by atoms with Crippen molar-refractivity contribution >= 4 is 23.3 Å². The molecule has 1 aromatic carbocycles. The van der Waals surface area contributed by atoms with Crippen LogP contribution in [-0.4, -0.2) is 32.3 Å². The van der Waals surface area contributed by atoms with Gasteiger partial charge in [0.05, 0.1) is 19.3 Å². The Kier molecular flexibility index (Phi) is 4.44. The minimum atomic E-state index is -0.392. The number of ether oxygens (including phenoxy) is 2. The van der Waals surface area contributed by atoms with Gasteiger partial charge in [-0.1, -0.05) is 11.6 Å². The summed E-state index contributed by atoms with van der Waals surface area (Å²) < 4.78 is 10.2. The van der Waals surface area contributed by atoms with Crippen LogP contribution in [0.4, 0.5) is 5.69 Å². The van der Waals surface area contributed by atoms with Gasteiger partial charge in [-0.05, 0) is 31.0 Å². The van der Waals surface area contributed by atoms with Gasteiger partial charge in [0.1, 0.15) is 0 Å². The topological polar surface area (TPSA) is 47.6 Å². The summed E-state index contributed by atoms with van der Waals surface area (Å²) in [5, 5.41) is 3.82. The molecule has 1 saturated heterocycles. The molecule has 98 valence electrons. The molecule has 1 heterocycles. The first-order valence-electron chi connectivity index (χ1n) is 5.93. The van der Waals surface area contributed by atoms with E-state index in [1.165, 1.54) is 7.11 Å². The van der Waals surface area contributed by atoms with Gasteiger partial charge in [-0.25, -0.2) is 4.79 Å². The Labute approximate surface area is 111 Å². The lowest BCUT2D eigenvalue weighted by Gasteiger charge is -2.25. The molecule has 1 aliphatic heterocycles. The van der Waals surface area contributed by atoms with Crippen LogP contribution in [0.25, 0.3) is 0 Å². The fraction of sp³-hybridized carbons (Fsp3) is 0.462. The number of rotatable bonds is 3. The molecule has 0 amide bonds. The summed E-state index contributed by atoms with van der Waals surface area (Å²) in [6.45, 7) is 1.46. The highest BCUT2D eigenvalue weighted by Crippen LogP contribution is 2.23. The summed E-state index contributed by atoms with van der Waals surface area (Å²) >= 11 is 5.90. The Morgan fingerprint density at radius 1 is 1.56 bits per heavy atom. The molecule has 0 aromatic heterocycles. The first-order chi connectivity index (χ1) is 8.70. The number of anilines is 1. The van der Waals surface area contributed by atoms with E-state index in [4.69, 9.17) is 21.1 Å². The number of hydrogen-bond acceptors (Lipinski definition) is 4. The van der Waals surface area contributed by atoms with Gasteiger partial charge >= 0.3 is 5.97 Å². The molecule has 0 bridgehead atoms. The monoisotopic (exact) mass is 269 g/mol. The van der Waals surface area contributed by atoms with E-state index in [2.05, 4.69) is 5.32 Å². The number of nitrogens with one attached hydrogen (secondary N) is 1. The van der Waals surface area contributed by atoms with Gasteiger partial charge in [0.2, 0.25) is 0 Å². The first kappa shape index (κ1) is 13.2. The quantitative estimate of drug-likeness (QED) is 0.857. The van der Waals surface area contributed by atoms with Crippen molar-refractivity contribution in [2.24, 2.45) is 0 Å². The number of halogens is 1. The Morgan fingerprint density at radius 3 is 3.06 bits per heavy atom. The third-order valence-corrected chi connectivity index (χ3v) is 3.14. The normalized spacial score (nSPS) is 19.3. The van der Waals surface area contributed by atoms with Gasteiger partial charge < -0.3 is 14.8 Å². The standard InChI is InChI=1S/C13H16ClNO3/c1-17-13(16)11-7-9(14)4-5-12(11)15-10-3-2-6-18-8-10/h4-5,7,10,15H,2-3,6,8H2,1H3. The lowest BCUT2D eigenvalue weighted by molar-refractivity contribution is 0.0601. The van der Waals surface area contributed by atoms with E-state index in [1.54, 1.807) is 18.2 Å². The van der Waals surface area contributed by atoms with Gasteiger partial charge in [0, 0.05) is 23.4 Å². The van der Waals surface area contributed by atoms with Crippen molar-refractivity contribution < 1.29 is 14.3 Å². The Balaban J connectivity index is 2.17. The Bertz CT molecular complexity index is 430. The maximum absolute atomic E-state index is 11.7. The van der Waals surface area contributed by atoms with Crippen molar-refractivity contribution in [2.75, 3.05) is 25.6 Å². The highest BCUT2D eigenvalue weighted by Gasteiger charge is 2.18. The van der Waals surface area contributed by atoms with Crippen molar-refractivity contribution in [3.8, 4) is 0 Å². The molecule has 0 aliphatic carbocycles. The zero-order chi connectivity index (χ0) is 13.0. The largest absolute Gasteiger partial charge is 0.465 e. The van der Waals surface area contributed by atoms with Crippen molar-refractivity contribution in [1.29, 1.82) is 0 Å². The summed E-state index contributed by atoms with van der Waals surface area (Å²) in [6.07, 6.45) is 2.06. The van der Waals surface area contributed by atoms with Crippen LogP contribution in [0, 0.1) is 0 Å². The van der Waals surface area contributed by atoms with Crippen LogP contribution in [0.5, 0.6) is 0 Å². The molecule has 0 radical (unpaired) electrons. The van der Waals surface area contributed by atoms with Gasteiger partial charge in [-0.2, -0.15) is 0 Å². The molecule has 0 spiro atoms. The Morgan fingerprint density at radius 2 is 2.39 bits per heavy atom. The second kappa shape index (κ2) is 6.07. The fourth-order valence-corrected chi connectivity index (χ4v) is 2.17. The van der Waals surface area contributed by atoms with Crippen LogP contribution in [0.3, 0.4) is 0 Å². The minimum Gasteiger partial charge on any atom is -0.465 e. The maximum Gasteiger partial charge on any atom is 0.340 e. The van der Waals surface area contributed by atoms with Crippen LogP contribution in [0.15, 0.2) is 18.2 Å². The molecule has 18 heavy (non-hydrogen) atoms. The van der Waals surface area contributed by atoms with E-state index in [1.807, 2.05) is 0 Å². The Hall–Kier alpha value is -1.26. The van der Waals surface area contributed by atoms with Crippen LogP contribution in [-0.2, 0) is 9.47 Å². The number of hydrogen-bond donors (Lipinski definition) is 1. The summed E-state index contributed by atoms with van der Waals surface area (Å²) in [7, 11) is 1.36. The summed E-state index contributed by atoms with van der Waals surface area (Å²) in [5.74, 6) is -0.392. The fourth-order valence-electron chi connectivity index (χ4n) is 2.00. The molecule has 0 saturated carbocycles. The number of carbonyl (C=O) groups is 1. The van der Waals surface area contributed by atoms with Crippen LogP contribution in [0.1, 0.15) is 23.2 Å². The number of esters is 1. The number of methoxy groups -OCH3 is 1. The van der Waals surface area contributed by atoms with Crippen molar-refractivity contribution in [2.45, 2.75) is 18.9 Å². The second-order valence-corrected chi connectivity index (χ2v) is 4.68. The van der Waals surface area contributed by atoms with Crippen molar-refractivity contribution in [3.63, 3.8) is 0 Å². The number of benzene rings is 1. The second-order valence-electron chi connectivity index (χ2n) is 4.24. The highest BCUT2D eigenvalue weighted by molar-refractivity contribution is 6.31. The van der Waals surface area contributed by atoms with Crippen molar-refractivity contribution in [3.05, 3.63) is 28.8 Å². The first-order valence-corrected chi connectivity index (χ1v) is 6.30.